The molecule has 14 heavy (non-hydrogen) atoms. The van der Waals surface area contributed by atoms with Crippen molar-refractivity contribution in [3.05, 3.63) is 29.8 Å². The molecular weight excluding hydrogens is 176 g/mol. The molecule has 0 atom stereocenters. The third kappa shape index (κ3) is 2.69. The van der Waals surface area contributed by atoms with E-state index in [2.05, 4.69) is 10.2 Å². The molecule has 0 unspecified atom stereocenters. The Hall–Kier alpha value is -2.20. The van der Waals surface area contributed by atoms with Crippen LogP contribution in [0.1, 0.15) is 5.56 Å². The lowest BCUT2D eigenvalue weighted by molar-refractivity contribution is 0.949. The highest BCUT2D eigenvalue weighted by atomic mass is 15.1. The molecule has 68 valence electrons. The summed E-state index contributed by atoms with van der Waals surface area (Å²) >= 11 is 0. The molecule has 4 heteroatoms. The Kier molecular flexibility index (Phi) is 3.34. The Morgan fingerprint density at radius 2 is 1.71 bits per heavy atom. The SMILES string of the molecule is Cc1ccc(N=NC(C#N)C#N)cc1. The minimum atomic E-state index is -1.02. The van der Waals surface area contributed by atoms with Crippen LogP contribution in [0.5, 0.6) is 0 Å². The van der Waals surface area contributed by atoms with Crippen molar-refractivity contribution in [3.63, 3.8) is 0 Å². The summed E-state index contributed by atoms with van der Waals surface area (Å²) in [6.07, 6.45) is 0. The fourth-order valence-electron chi connectivity index (χ4n) is 0.816. The fraction of sp³-hybridized carbons (Fsp3) is 0.200. The molecule has 0 saturated carbocycles. The van der Waals surface area contributed by atoms with E-state index in [4.69, 9.17) is 10.5 Å². The van der Waals surface area contributed by atoms with E-state index in [0.29, 0.717) is 5.69 Å². The van der Waals surface area contributed by atoms with Crippen molar-refractivity contribution in [2.75, 3.05) is 0 Å². The molecule has 0 fully saturated rings. The molecule has 0 aromatic heterocycles. The molecule has 0 aliphatic rings. The second kappa shape index (κ2) is 4.74. The van der Waals surface area contributed by atoms with Gasteiger partial charge in [0.1, 0.15) is 12.1 Å². The number of benzene rings is 1. The molecule has 0 aliphatic heterocycles. The van der Waals surface area contributed by atoms with Crippen molar-refractivity contribution >= 4 is 5.69 Å². The average molecular weight is 184 g/mol. The third-order valence-corrected chi connectivity index (χ3v) is 1.57. The molecule has 0 heterocycles. The Morgan fingerprint density at radius 1 is 1.14 bits per heavy atom. The molecule has 0 bridgehead atoms. The largest absolute Gasteiger partial charge is 0.242 e. The zero-order valence-electron chi connectivity index (χ0n) is 7.68. The van der Waals surface area contributed by atoms with Gasteiger partial charge in [-0.3, -0.25) is 0 Å². The van der Waals surface area contributed by atoms with E-state index in [-0.39, 0.29) is 0 Å². The van der Waals surface area contributed by atoms with Crippen molar-refractivity contribution < 1.29 is 0 Å². The maximum atomic E-state index is 8.42. The van der Waals surface area contributed by atoms with E-state index < -0.39 is 6.04 Å². The van der Waals surface area contributed by atoms with Crippen molar-refractivity contribution in [1.82, 2.24) is 0 Å². The standard InChI is InChI=1S/C10H8N4/c1-8-2-4-9(5-3-8)13-14-10(6-11)7-12/h2-5,10H,1H3. The molecule has 0 N–H and O–H groups in total. The Labute approximate surface area is 82.1 Å². The lowest BCUT2D eigenvalue weighted by Crippen LogP contribution is -1.92. The van der Waals surface area contributed by atoms with E-state index in [1.807, 2.05) is 19.1 Å². The van der Waals surface area contributed by atoms with Crippen LogP contribution in [0.3, 0.4) is 0 Å². The monoisotopic (exact) mass is 184 g/mol. The predicted octanol–water partition coefficient (Wildman–Crippen LogP) is 2.49. The fourth-order valence-corrected chi connectivity index (χ4v) is 0.816. The molecule has 1 rings (SSSR count). The van der Waals surface area contributed by atoms with E-state index in [1.165, 1.54) is 0 Å². The first-order valence-electron chi connectivity index (χ1n) is 4.03. The summed E-state index contributed by atoms with van der Waals surface area (Å²) in [4.78, 5) is 0. The first kappa shape index (κ1) is 9.88. The van der Waals surface area contributed by atoms with Crippen LogP contribution < -0.4 is 0 Å². The smallest absolute Gasteiger partial charge is 0.195 e. The second-order valence-electron chi connectivity index (χ2n) is 2.71. The van der Waals surface area contributed by atoms with Gasteiger partial charge in [-0.2, -0.15) is 20.8 Å². The molecule has 1 aromatic carbocycles. The van der Waals surface area contributed by atoms with Crippen molar-refractivity contribution in [2.45, 2.75) is 13.0 Å². The first-order valence-corrected chi connectivity index (χ1v) is 4.03. The highest BCUT2D eigenvalue weighted by Gasteiger charge is 1.99. The maximum Gasteiger partial charge on any atom is 0.242 e. The van der Waals surface area contributed by atoms with E-state index >= 15 is 0 Å². The molecule has 0 spiro atoms. The molecule has 4 nitrogen and oxygen atoms in total. The lowest BCUT2D eigenvalue weighted by atomic mass is 10.2. The van der Waals surface area contributed by atoms with E-state index in [1.54, 1.807) is 24.3 Å². The van der Waals surface area contributed by atoms with Crippen LogP contribution in [-0.4, -0.2) is 6.04 Å². The van der Waals surface area contributed by atoms with Crippen molar-refractivity contribution in [1.29, 1.82) is 10.5 Å². The predicted molar refractivity (Wildman–Crippen MR) is 50.7 cm³/mol. The number of hydrogen-bond donors (Lipinski definition) is 0. The Morgan fingerprint density at radius 3 is 2.21 bits per heavy atom. The van der Waals surface area contributed by atoms with Gasteiger partial charge in [-0.05, 0) is 19.1 Å². The number of azo groups is 1. The second-order valence-corrected chi connectivity index (χ2v) is 2.71. The average Bonchev–Trinajstić information content (AvgIpc) is 2.22. The zero-order chi connectivity index (χ0) is 10.4. The summed E-state index contributed by atoms with van der Waals surface area (Å²) in [5.41, 5.74) is 1.77. The van der Waals surface area contributed by atoms with Crippen LogP contribution in [0, 0.1) is 29.6 Å². The van der Waals surface area contributed by atoms with Gasteiger partial charge in [-0.25, -0.2) is 0 Å². The molecular formula is C10H8N4. The maximum absolute atomic E-state index is 8.42. The number of nitrogens with zero attached hydrogens (tertiary/aromatic N) is 4. The molecule has 0 amide bonds. The van der Waals surface area contributed by atoms with Gasteiger partial charge in [-0.15, -0.1) is 0 Å². The summed E-state index contributed by atoms with van der Waals surface area (Å²) in [5, 5.41) is 24.2. The van der Waals surface area contributed by atoms with Crippen LogP contribution in [0.4, 0.5) is 5.69 Å². The van der Waals surface area contributed by atoms with Crippen LogP contribution >= 0.6 is 0 Å². The van der Waals surface area contributed by atoms with Crippen LogP contribution in [0.15, 0.2) is 34.5 Å². The normalized spacial score (nSPS) is 10.0. The quantitative estimate of drug-likeness (QED) is 0.662. The molecule has 1 aromatic rings. The van der Waals surface area contributed by atoms with Gasteiger partial charge < -0.3 is 0 Å². The molecule has 0 radical (unpaired) electrons. The third-order valence-electron chi connectivity index (χ3n) is 1.57. The van der Waals surface area contributed by atoms with E-state index in [0.717, 1.165) is 5.56 Å². The van der Waals surface area contributed by atoms with Gasteiger partial charge in [0.2, 0.25) is 6.04 Å². The van der Waals surface area contributed by atoms with Crippen LogP contribution in [0.25, 0.3) is 0 Å². The minimum absolute atomic E-state index is 0.645. The summed E-state index contributed by atoms with van der Waals surface area (Å²) in [6, 6.07) is 9.75. The summed E-state index contributed by atoms with van der Waals surface area (Å²) < 4.78 is 0. The van der Waals surface area contributed by atoms with E-state index in [9.17, 15) is 0 Å². The van der Waals surface area contributed by atoms with Crippen molar-refractivity contribution in [3.8, 4) is 12.1 Å². The summed E-state index contributed by atoms with van der Waals surface area (Å²) in [7, 11) is 0. The van der Waals surface area contributed by atoms with Gasteiger partial charge in [0, 0.05) is 0 Å². The van der Waals surface area contributed by atoms with Crippen LogP contribution in [-0.2, 0) is 0 Å². The number of hydrogen-bond acceptors (Lipinski definition) is 4. The Balaban J connectivity index is 2.75. The van der Waals surface area contributed by atoms with Gasteiger partial charge in [0.25, 0.3) is 0 Å². The zero-order valence-corrected chi connectivity index (χ0v) is 7.68. The number of nitriles is 2. The number of aryl methyl sites for hydroxylation is 1. The van der Waals surface area contributed by atoms with Crippen molar-refractivity contribution in [2.24, 2.45) is 10.2 Å². The van der Waals surface area contributed by atoms with Gasteiger partial charge >= 0.3 is 0 Å². The molecule has 0 saturated heterocycles. The van der Waals surface area contributed by atoms with Gasteiger partial charge in [-0.1, -0.05) is 17.7 Å². The highest BCUT2D eigenvalue weighted by molar-refractivity contribution is 5.37. The number of rotatable bonds is 2. The van der Waals surface area contributed by atoms with Gasteiger partial charge in [0.15, 0.2) is 0 Å². The minimum Gasteiger partial charge on any atom is -0.195 e. The van der Waals surface area contributed by atoms with Crippen LogP contribution in [0.2, 0.25) is 0 Å². The molecule has 0 aliphatic carbocycles. The summed E-state index contributed by atoms with van der Waals surface area (Å²) in [6.45, 7) is 1.97. The van der Waals surface area contributed by atoms with Gasteiger partial charge in [0.05, 0.1) is 5.69 Å². The highest BCUT2D eigenvalue weighted by Crippen LogP contribution is 2.13. The Bertz CT molecular complexity index is 391. The topological polar surface area (TPSA) is 72.3 Å². The lowest BCUT2D eigenvalue weighted by Gasteiger charge is -1.93. The first-order chi connectivity index (χ1) is 6.76. The summed E-state index contributed by atoms with van der Waals surface area (Å²) in [5.74, 6) is 0.